The van der Waals surface area contributed by atoms with Gasteiger partial charge in [-0.15, -0.1) is 0 Å². The highest BCUT2D eigenvalue weighted by molar-refractivity contribution is 5.84. The Morgan fingerprint density at radius 1 is 1.14 bits per heavy atom. The van der Waals surface area contributed by atoms with Crippen LogP contribution < -0.4 is 0 Å². The van der Waals surface area contributed by atoms with E-state index in [1.54, 1.807) is 18.5 Å². The first kappa shape index (κ1) is 24.1. The van der Waals surface area contributed by atoms with Crippen LogP contribution in [0, 0.1) is 11.3 Å². The third-order valence-corrected chi connectivity index (χ3v) is 6.00. The maximum Gasteiger partial charge on any atom is 0.303 e. The molecular weight excluding hydrogens is 440 g/mol. The van der Waals surface area contributed by atoms with Crippen molar-refractivity contribution in [3.8, 4) is 17.2 Å². The van der Waals surface area contributed by atoms with Gasteiger partial charge in [0.05, 0.1) is 36.1 Å². The van der Waals surface area contributed by atoms with E-state index in [9.17, 15) is 10.1 Å². The lowest BCUT2D eigenvalue weighted by Crippen LogP contribution is -2.10. The van der Waals surface area contributed by atoms with Crippen LogP contribution in [0.3, 0.4) is 0 Å². The van der Waals surface area contributed by atoms with E-state index in [2.05, 4.69) is 30.1 Å². The minimum Gasteiger partial charge on any atom is -0.481 e. The molecule has 7 nitrogen and oxygen atoms in total. The molecule has 0 saturated heterocycles. The summed E-state index contributed by atoms with van der Waals surface area (Å²) < 4.78 is 8.03. The van der Waals surface area contributed by atoms with Gasteiger partial charge in [0, 0.05) is 30.1 Å². The Hall–Kier alpha value is -4.02. The van der Waals surface area contributed by atoms with E-state index in [1.165, 1.54) is 0 Å². The highest BCUT2D eigenvalue weighted by Gasteiger charge is 2.19. The lowest BCUT2D eigenvalue weighted by atomic mass is 9.93. The standard InChI is InChI=1S/C28H28N4O3/c1-2-23-12-13-26-28(22-9-5-7-20(15-22)16-29)24(10-3-4-11-27(33)34)25(31-32(23)26)19-35-18-21-8-6-14-30-17-21/h5-9,12-15,17H,2-4,10-11,18-19H2,1H3,(H,33,34). The van der Waals surface area contributed by atoms with Crippen LogP contribution in [0.15, 0.2) is 60.9 Å². The first-order valence-electron chi connectivity index (χ1n) is 11.8. The molecule has 1 aromatic carbocycles. The number of aliphatic carboxylic acids is 1. The largest absolute Gasteiger partial charge is 0.481 e. The number of hydrogen-bond donors (Lipinski definition) is 1. The van der Waals surface area contributed by atoms with Gasteiger partial charge in [-0.05, 0) is 72.7 Å². The van der Waals surface area contributed by atoms with Crippen molar-refractivity contribution < 1.29 is 14.6 Å². The highest BCUT2D eigenvalue weighted by atomic mass is 16.5. The van der Waals surface area contributed by atoms with Gasteiger partial charge in [-0.2, -0.15) is 10.4 Å². The molecule has 35 heavy (non-hydrogen) atoms. The van der Waals surface area contributed by atoms with Crippen molar-refractivity contribution >= 4 is 11.5 Å². The molecule has 3 aromatic heterocycles. The Morgan fingerprint density at radius 2 is 2.03 bits per heavy atom. The Balaban J connectivity index is 1.78. The normalized spacial score (nSPS) is 11.0. The lowest BCUT2D eigenvalue weighted by Gasteiger charge is -2.18. The fraction of sp³-hybridized carbons (Fsp3) is 0.286. The predicted molar refractivity (Wildman–Crippen MR) is 133 cm³/mol. The molecule has 7 heteroatoms. The Labute approximate surface area is 204 Å². The van der Waals surface area contributed by atoms with Gasteiger partial charge in [0.2, 0.25) is 0 Å². The molecule has 0 unspecified atom stereocenters. The van der Waals surface area contributed by atoms with Crippen LogP contribution in [0.1, 0.15) is 54.3 Å². The average molecular weight is 469 g/mol. The van der Waals surface area contributed by atoms with Gasteiger partial charge in [-0.25, -0.2) is 4.52 Å². The summed E-state index contributed by atoms with van der Waals surface area (Å²) in [5.41, 5.74) is 7.44. The number of carbonyl (C=O) groups is 1. The summed E-state index contributed by atoms with van der Waals surface area (Å²) in [4.78, 5) is 15.2. The van der Waals surface area contributed by atoms with E-state index in [0.717, 1.165) is 45.6 Å². The SMILES string of the molecule is CCc1ccc2c(-c3cccc(C#N)c3)c(CCCCC(=O)O)c(COCc3cccnc3)nn12. The molecule has 4 aromatic rings. The van der Waals surface area contributed by atoms with Gasteiger partial charge in [-0.1, -0.05) is 25.1 Å². The van der Waals surface area contributed by atoms with Crippen LogP contribution in [-0.2, 0) is 35.6 Å². The number of nitrogens with zero attached hydrogens (tertiary/aromatic N) is 4. The predicted octanol–water partition coefficient (Wildman–Crippen LogP) is 5.34. The fourth-order valence-electron chi connectivity index (χ4n) is 4.30. The van der Waals surface area contributed by atoms with Crippen molar-refractivity contribution in [3.05, 3.63) is 89.0 Å². The molecule has 1 N–H and O–H groups in total. The molecule has 0 bridgehead atoms. The summed E-state index contributed by atoms with van der Waals surface area (Å²) in [5, 5.41) is 23.5. The van der Waals surface area contributed by atoms with Crippen LogP contribution in [0.5, 0.6) is 0 Å². The topological polar surface area (TPSA) is 101 Å². The minimum atomic E-state index is -0.792. The molecule has 0 aliphatic carbocycles. The van der Waals surface area contributed by atoms with Gasteiger partial charge >= 0.3 is 5.97 Å². The van der Waals surface area contributed by atoms with E-state index in [-0.39, 0.29) is 6.42 Å². The number of rotatable bonds is 11. The quantitative estimate of drug-likeness (QED) is 0.298. The zero-order valence-electron chi connectivity index (χ0n) is 19.8. The number of benzene rings is 1. The van der Waals surface area contributed by atoms with Crippen molar-refractivity contribution in [3.63, 3.8) is 0 Å². The van der Waals surface area contributed by atoms with E-state index >= 15 is 0 Å². The van der Waals surface area contributed by atoms with Crippen molar-refractivity contribution in [2.45, 2.75) is 52.2 Å². The number of pyridine rings is 1. The van der Waals surface area contributed by atoms with Gasteiger partial charge in [0.1, 0.15) is 0 Å². The molecule has 4 rings (SSSR count). The number of aryl methyl sites for hydroxylation is 1. The van der Waals surface area contributed by atoms with Crippen LogP contribution >= 0.6 is 0 Å². The van der Waals surface area contributed by atoms with E-state index < -0.39 is 5.97 Å². The third-order valence-electron chi connectivity index (χ3n) is 6.00. The van der Waals surface area contributed by atoms with Gasteiger partial charge in [0.25, 0.3) is 0 Å². The number of fused-ring (bicyclic) bond motifs is 1. The fourth-order valence-corrected chi connectivity index (χ4v) is 4.30. The van der Waals surface area contributed by atoms with Crippen LogP contribution in [-0.4, -0.2) is 25.7 Å². The molecule has 0 saturated carbocycles. The molecule has 0 amide bonds. The number of carboxylic acids is 1. The monoisotopic (exact) mass is 468 g/mol. The molecule has 0 atom stereocenters. The number of carboxylic acid groups (broad SMARTS) is 1. The Morgan fingerprint density at radius 3 is 2.77 bits per heavy atom. The molecule has 178 valence electrons. The van der Waals surface area contributed by atoms with Gasteiger partial charge < -0.3 is 9.84 Å². The summed E-state index contributed by atoms with van der Waals surface area (Å²) in [6, 6.07) is 17.8. The van der Waals surface area contributed by atoms with Crippen LogP contribution in [0.25, 0.3) is 16.6 Å². The molecule has 0 spiro atoms. The smallest absolute Gasteiger partial charge is 0.303 e. The molecule has 0 fully saturated rings. The molecular formula is C28H28N4O3. The zero-order chi connectivity index (χ0) is 24.6. The Bertz CT molecular complexity index is 1360. The maximum absolute atomic E-state index is 11.1. The number of aromatic nitrogens is 3. The van der Waals surface area contributed by atoms with Crippen LogP contribution in [0.2, 0.25) is 0 Å². The van der Waals surface area contributed by atoms with Gasteiger partial charge in [0.15, 0.2) is 0 Å². The first-order valence-corrected chi connectivity index (χ1v) is 11.8. The summed E-state index contributed by atoms with van der Waals surface area (Å²) in [5.74, 6) is -0.792. The second-order valence-electron chi connectivity index (χ2n) is 8.42. The van der Waals surface area contributed by atoms with Crippen molar-refractivity contribution in [2.24, 2.45) is 0 Å². The van der Waals surface area contributed by atoms with Crippen LogP contribution in [0.4, 0.5) is 0 Å². The van der Waals surface area contributed by atoms with E-state index in [0.29, 0.717) is 38.0 Å². The number of unbranched alkanes of at least 4 members (excludes halogenated alkanes) is 1. The Kier molecular flexibility index (Phi) is 7.86. The first-order chi connectivity index (χ1) is 17.1. The van der Waals surface area contributed by atoms with E-state index in [4.69, 9.17) is 14.9 Å². The lowest BCUT2D eigenvalue weighted by molar-refractivity contribution is -0.137. The minimum absolute atomic E-state index is 0.132. The second kappa shape index (κ2) is 11.4. The number of ether oxygens (including phenoxy) is 1. The van der Waals surface area contributed by atoms with E-state index in [1.807, 2.05) is 34.8 Å². The summed E-state index contributed by atoms with van der Waals surface area (Å²) in [7, 11) is 0. The zero-order valence-corrected chi connectivity index (χ0v) is 19.8. The summed E-state index contributed by atoms with van der Waals surface area (Å²) >= 11 is 0. The molecule has 0 aliphatic heterocycles. The second-order valence-corrected chi connectivity index (χ2v) is 8.42. The third kappa shape index (κ3) is 5.73. The number of hydrogen-bond acceptors (Lipinski definition) is 5. The van der Waals surface area contributed by atoms with Crippen molar-refractivity contribution in [2.75, 3.05) is 0 Å². The average Bonchev–Trinajstić information content (AvgIpc) is 3.29. The molecule has 0 radical (unpaired) electrons. The summed E-state index contributed by atoms with van der Waals surface area (Å²) in [6.45, 7) is 2.82. The van der Waals surface area contributed by atoms with Crippen molar-refractivity contribution in [1.29, 1.82) is 5.26 Å². The summed E-state index contributed by atoms with van der Waals surface area (Å²) in [6.07, 6.45) is 6.43. The molecule has 0 aliphatic rings. The van der Waals surface area contributed by atoms with Gasteiger partial charge in [-0.3, -0.25) is 9.78 Å². The molecule has 3 heterocycles. The highest BCUT2D eigenvalue weighted by Crippen LogP contribution is 2.33. The van der Waals surface area contributed by atoms with Crippen molar-refractivity contribution in [1.82, 2.24) is 14.6 Å². The maximum atomic E-state index is 11.1. The number of nitriles is 1.